The predicted octanol–water partition coefficient (Wildman–Crippen LogP) is 2.90. The van der Waals surface area contributed by atoms with E-state index >= 15 is 0 Å². The van der Waals surface area contributed by atoms with Gasteiger partial charge in [-0.1, -0.05) is 30.2 Å². The summed E-state index contributed by atoms with van der Waals surface area (Å²) in [4.78, 5) is 2.46. The zero-order valence-electron chi connectivity index (χ0n) is 10.1. The van der Waals surface area contributed by atoms with E-state index < -0.39 is 0 Å². The van der Waals surface area contributed by atoms with Crippen LogP contribution in [0.4, 0.5) is 0 Å². The molecule has 1 unspecified atom stereocenters. The van der Waals surface area contributed by atoms with Gasteiger partial charge in [0.15, 0.2) is 0 Å². The highest BCUT2D eigenvalue weighted by Crippen LogP contribution is 2.21. The van der Waals surface area contributed by atoms with Gasteiger partial charge in [0.2, 0.25) is 0 Å². The highest BCUT2D eigenvalue weighted by Gasteiger charge is 2.17. The average Bonchev–Trinajstić information content (AvgIpc) is 2.38. The molecule has 0 radical (unpaired) electrons. The summed E-state index contributed by atoms with van der Waals surface area (Å²) in [5.41, 5.74) is 1.18. The standard InChI is InChI=1S/C14H20ClNO/c15-14-6-4-12(5-7-14)13(11-17)10-16-8-2-1-3-9-16/h4-7,13,17H,1-3,8-11H2. The summed E-state index contributed by atoms with van der Waals surface area (Å²) in [5.74, 6) is 0.213. The van der Waals surface area contributed by atoms with E-state index in [1.54, 1.807) is 0 Å². The third kappa shape index (κ3) is 3.70. The fourth-order valence-electron chi connectivity index (χ4n) is 2.46. The van der Waals surface area contributed by atoms with Crippen LogP contribution in [-0.4, -0.2) is 36.2 Å². The SMILES string of the molecule is OCC(CN1CCCCC1)c1ccc(Cl)cc1. The molecule has 0 saturated carbocycles. The molecule has 94 valence electrons. The molecule has 1 N–H and O–H groups in total. The first-order valence-electron chi connectivity index (χ1n) is 6.38. The normalized spacial score (nSPS) is 19.2. The Bertz CT molecular complexity index is 333. The molecule has 1 saturated heterocycles. The zero-order chi connectivity index (χ0) is 12.1. The van der Waals surface area contributed by atoms with Gasteiger partial charge in [0, 0.05) is 17.5 Å². The first kappa shape index (κ1) is 12.9. The van der Waals surface area contributed by atoms with E-state index in [-0.39, 0.29) is 12.5 Å². The van der Waals surface area contributed by atoms with Crippen molar-refractivity contribution in [3.05, 3.63) is 34.9 Å². The molecular weight excluding hydrogens is 234 g/mol. The van der Waals surface area contributed by atoms with Gasteiger partial charge in [-0.2, -0.15) is 0 Å². The van der Waals surface area contributed by atoms with Crippen LogP contribution in [0, 0.1) is 0 Å². The minimum atomic E-state index is 0.206. The molecule has 0 aromatic heterocycles. The monoisotopic (exact) mass is 253 g/mol. The van der Waals surface area contributed by atoms with E-state index in [4.69, 9.17) is 11.6 Å². The second-order valence-electron chi connectivity index (χ2n) is 4.79. The summed E-state index contributed by atoms with van der Waals surface area (Å²) >= 11 is 5.88. The van der Waals surface area contributed by atoms with Crippen LogP contribution in [0.1, 0.15) is 30.7 Å². The fraction of sp³-hybridized carbons (Fsp3) is 0.571. The average molecular weight is 254 g/mol. The predicted molar refractivity (Wildman–Crippen MR) is 71.6 cm³/mol. The van der Waals surface area contributed by atoms with Crippen LogP contribution in [0.15, 0.2) is 24.3 Å². The Balaban J connectivity index is 1.97. The van der Waals surface area contributed by atoms with Crippen LogP contribution in [0.5, 0.6) is 0 Å². The Labute approximate surface area is 108 Å². The third-order valence-electron chi connectivity index (χ3n) is 3.49. The molecule has 0 amide bonds. The molecule has 1 heterocycles. The number of likely N-dealkylation sites (tertiary alicyclic amines) is 1. The molecular formula is C14H20ClNO. The number of piperidine rings is 1. The highest BCUT2D eigenvalue weighted by atomic mass is 35.5. The van der Waals surface area contributed by atoms with Crippen molar-refractivity contribution in [1.82, 2.24) is 4.90 Å². The van der Waals surface area contributed by atoms with Crippen LogP contribution < -0.4 is 0 Å². The van der Waals surface area contributed by atoms with E-state index in [2.05, 4.69) is 4.90 Å². The lowest BCUT2D eigenvalue weighted by molar-refractivity contribution is 0.179. The number of benzene rings is 1. The van der Waals surface area contributed by atoms with Crippen molar-refractivity contribution in [2.45, 2.75) is 25.2 Å². The maximum atomic E-state index is 9.52. The van der Waals surface area contributed by atoms with Gasteiger partial charge in [0.25, 0.3) is 0 Å². The van der Waals surface area contributed by atoms with Gasteiger partial charge in [-0.25, -0.2) is 0 Å². The topological polar surface area (TPSA) is 23.5 Å². The highest BCUT2D eigenvalue weighted by molar-refractivity contribution is 6.30. The molecule has 3 heteroatoms. The van der Waals surface area contributed by atoms with E-state index in [1.807, 2.05) is 24.3 Å². The molecule has 1 aromatic carbocycles. The van der Waals surface area contributed by atoms with Crippen LogP contribution in [0.25, 0.3) is 0 Å². The first-order chi connectivity index (χ1) is 8.29. The Hall–Kier alpha value is -0.570. The minimum Gasteiger partial charge on any atom is -0.396 e. The van der Waals surface area contributed by atoms with Crippen LogP contribution in [-0.2, 0) is 0 Å². The summed E-state index contributed by atoms with van der Waals surface area (Å²) in [6, 6.07) is 7.84. The molecule has 1 aliphatic heterocycles. The summed E-state index contributed by atoms with van der Waals surface area (Å²) in [5, 5.41) is 10.3. The maximum Gasteiger partial charge on any atom is 0.0512 e. The van der Waals surface area contributed by atoms with Crippen LogP contribution in [0.3, 0.4) is 0 Å². The van der Waals surface area contributed by atoms with E-state index in [0.717, 1.165) is 11.6 Å². The van der Waals surface area contributed by atoms with Gasteiger partial charge in [0.05, 0.1) is 6.61 Å². The number of nitrogens with zero attached hydrogens (tertiary/aromatic N) is 1. The van der Waals surface area contributed by atoms with Gasteiger partial charge >= 0.3 is 0 Å². The smallest absolute Gasteiger partial charge is 0.0512 e. The molecule has 1 aliphatic rings. The fourth-order valence-corrected chi connectivity index (χ4v) is 2.58. The molecule has 0 spiro atoms. The Kier molecular flexibility index (Phi) is 4.84. The van der Waals surface area contributed by atoms with E-state index in [0.29, 0.717) is 0 Å². The lowest BCUT2D eigenvalue weighted by atomic mass is 9.98. The molecule has 2 nitrogen and oxygen atoms in total. The van der Waals surface area contributed by atoms with Crippen molar-refractivity contribution < 1.29 is 5.11 Å². The summed E-state index contributed by atoms with van der Waals surface area (Å²) < 4.78 is 0. The Morgan fingerprint density at radius 3 is 2.35 bits per heavy atom. The second-order valence-corrected chi connectivity index (χ2v) is 5.23. The van der Waals surface area contributed by atoms with Crippen molar-refractivity contribution in [2.75, 3.05) is 26.2 Å². The number of aliphatic hydroxyl groups is 1. The zero-order valence-corrected chi connectivity index (χ0v) is 10.9. The van der Waals surface area contributed by atoms with E-state index in [1.165, 1.54) is 37.9 Å². The number of rotatable bonds is 4. The molecule has 2 rings (SSSR count). The molecule has 1 fully saturated rings. The van der Waals surface area contributed by atoms with Crippen molar-refractivity contribution in [2.24, 2.45) is 0 Å². The molecule has 0 aliphatic carbocycles. The Morgan fingerprint density at radius 2 is 1.76 bits per heavy atom. The van der Waals surface area contributed by atoms with Gasteiger partial charge in [-0.15, -0.1) is 0 Å². The lowest BCUT2D eigenvalue weighted by Crippen LogP contribution is -2.34. The number of hydrogen-bond acceptors (Lipinski definition) is 2. The molecule has 1 aromatic rings. The van der Waals surface area contributed by atoms with Gasteiger partial charge in [-0.3, -0.25) is 0 Å². The van der Waals surface area contributed by atoms with Crippen molar-refractivity contribution >= 4 is 11.6 Å². The molecule has 17 heavy (non-hydrogen) atoms. The minimum absolute atomic E-state index is 0.206. The van der Waals surface area contributed by atoms with Gasteiger partial charge in [0.1, 0.15) is 0 Å². The summed E-state index contributed by atoms with van der Waals surface area (Å²) in [7, 11) is 0. The van der Waals surface area contributed by atoms with Crippen molar-refractivity contribution in [3.8, 4) is 0 Å². The lowest BCUT2D eigenvalue weighted by Gasteiger charge is -2.30. The summed E-state index contributed by atoms with van der Waals surface area (Å²) in [6.07, 6.45) is 3.93. The maximum absolute atomic E-state index is 9.52. The van der Waals surface area contributed by atoms with Crippen LogP contribution >= 0.6 is 11.6 Å². The molecule has 1 atom stereocenters. The van der Waals surface area contributed by atoms with Gasteiger partial charge in [-0.05, 0) is 43.6 Å². The number of aliphatic hydroxyl groups excluding tert-OH is 1. The molecule has 0 bridgehead atoms. The third-order valence-corrected chi connectivity index (χ3v) is 3.74. The number of halogens is 1. The Morgan fingerprint density at radius 1 is 1.12 bits per heavy atom. The van der Waals surface area contributed by atoms with Crippen LogP contribution in [0.2, 0.25) is 5.02 Å². The van der Waals surface area contributed by atoms with E-state index in [9.17, 15) is 5.11 Å². The first-order valence-corrected chi connectivity index (χ1v) is 6.76. The van der Waals surface area contributed by atoms with Gasteiger partial charge < -0.3 is 10.0 Å². The van der Waals surface area contributed by atoms with Crippen molar-refractivity contribution in [3.63, 3.8) is 0 Å². The second kappa shape index (κ2) is 6.39. The van der Waals surface area contributed by atoms with Crippen molar-refractivity contribution in [1.29, 1.82) is 0 Å². The summed E-state index contributed by atoms with van der Waals surface area (Å²) in [6.45, 7) is 3.50. The quantitative estimate of drug-likeness (QED) is 0.892. The largest absolute Gasteiger partial charge is 0.396 e. The number of hydrogen-bond donors (Lipinski definition) is 1.